The van der Waals surface area contributed by atoms with Crippen molar-refractivity contribution < 1.29 is 14.3 Å². The standard InChI is InChI=1S/C24H19N3O3/c1-30-17-8-4-7-16(15-17)26-24(29)20-9-2-3-12-22(20)27-23(28)19-10-5-13-21-18(19)11-6-14-25-21/h2-15H,1H3,(H,26,29)(H,27,28). The van der Waals surface area contributed by atoms with Crippen molar-refractivity contribution in [3.8, 4) is 5.75 Å². The van der Waals surface area contributed by atoms with Crippen molar-refractivity contribution in [1.29, 1.82) is 0 Å². The summed E-state index contributed by atoms with van der Waals surface area (Å²) in [6.45, 7) is 0. The van der Waals surface area contributed by atoms with Crippen LogP contribution in [0.25, 0.3) is 10.9 Å². The first-order chi connectivity index (χ1) is 14.7. The van der Waals surface area contributed by atoms with Gasteiger partial charge in [0, 0.05) is 28.9 Å². The molecule has 3 aromatic carbocycles. The molecule has 6 nitrogen and oxygen atoms in total. The lowest BCUT2D eigenvalue weighted by Gasteiger charge is -2.13. The van der Waals surface area contributed by atoms with Gasteiger partial charge in [-0.3, -0.25) is 14.6 Å². The summed E-state index contributed by atoms with van der Waals surface area (Å²) in [6, 6.07) is 22.9. The maximum atomic E-state index is 13.0. The Balaban J connectivity index is 1.60. The third-order valence-electron chi connectivity index (χ3n) is 4.64. The number of amides is 2. The van der Waals surface area contributed by atoms with Crippen LogP contribution in [0.2, 0.25) is 0 Å². The number of nitrogens with one attached hydrogen (secondary N) is 2. The smallest absolute Gasteiger partial charge is 0.257 e. The summed E-state index contributed by atoms with van der Waals surface area (Å²) in [5.74, 6) is -0.00655. The highest BCUT2D eigenvalue weighted by Crippen LogP contribution is 2.22. The number of methoxy groups -OCH3 is 1. The van der Waals surface area contributed by atoms with E-state index in [4.69, 9.17) is 4.74 Å². The predicted octanol–water partition coefficient (Wildman–Crippen LogP) is 4.75. The monoisotopic (exact) mass is 397 g/mol. The Kier molecular flexibility index (Phi) is 5.39. The van der Waals surface area contributed by atoms with Crippen LogP contribution in [0, 0.1) is 0 Å². The van der Waals surface area contributed by atoms with Gasteiger partial charge in [-0.25, -0.2) is 0 Å². The van der Waals surface area contributed by atoms with Crippen LogP contribution >= 0.6 is 0 Å². The van der Waals surface area contributed by atoms with Crippen LogP contribution in [0.15, 0.2) is 85.1 Å². The topological polar surface area (TPSA) is 80.3 Å². The van der Waals surface area contributed by atoms with Crippen molar-refractivity contribution in [2.24, 2.45) is 0 Å². The molecular weight excluding hydrogens is 378 g/mol. The van der Waals surface area contributed by atoms with Crippen molar-refractivity contribution in [2.45, 2.75) is 0 Å². The van der Waals surface area contributed by atoms with Crippen molar-refractivity contribution in [3.05, 3.63) is 96.2 Å². The number of pyridine rings is 1. The van der Waals surface area contributed by atoms with E-state index in [1.54, 1.807) is 80.0 Å². The molecule has 0 aliphatic carbocycles. The largest absolute Gasteiger partial charge is 0.497 e. The van der Waals surface area contributed by atoms with Gasteiger partial charge in [0.15, 0.2) is 0 Å². The van der Waals surface area contributed by atoms with Gasteiger partial charge in [-0.1, -0.05) is 30.3 Å². The first-order valence-electron chi connectivity index (χ1n) is 9.35. The number of hydrogen-bond donors (Lipinski definition) is 2. The van der Waals surface area contributed by atoms with Gasteiger partial charge >= 0.3 is 0 Å². The molecule has 0 spiro atoms. The molecule has 2 amide bonds. The number of ether oxygens (including phenoxy) is 1. The van der Waals surface area contributed by atoms with Crippen LogP contribution in [0.5, 0.6) is 5.75 Å². The van der Waals surface area contributed by atoms with Crippen molar-refractivity contribution in [2.75, 3.05) is 17.7 Å². The highest BCUT2D eigenvalue weighted by molar-refractivity contribution is 6.15. The van der Waals surface area contributed by atoms with E-state index in [-0.39, 0.29) is 11.8 Å². The van der Waals surface area contributed by atoms with E-state index in [1.165, 1.54) is 0 Å². The molecular formula is C24H19N3O3. The fourth-order valence-electron chi connectivity index (χ4n) is 3.18. The molecule has 6 heteroatoms. The summed E-state index contributed by atoms with van der Waals surface area (Å²) in [4.78, 5) is 30.1. The molecule has 0 saturated heterocycles. The molecule has 2 N–H and O–H groups in total. The molecule has 1 heterocycles. The molecule has 0 unspecified atom stereocenters. The van der Waals surface area contributed by atoms with E-state index in [1.807, 2.05) is 12.1 Å². The van der Waals surface area contributed by atoms with Crippen molar-refractivity contribution >= 4 is 34.1 Å². The van der Waals surface area contributed by atoms with E-state index in [2.05, 4.69) is 15.6 Å². The first kappa shape index (κ1) is 19.1. The predicted molar refractivity (Wildman–Crippen MR) is 117 cm³/mol. The Morgan fingerprint density at radius 2 is 1.57 bits per heavy atom. The molecule has 0 radical (unpaired) electrons. The Hall–Kier alpha value is -4.19. The Morgan fingerprint density at radius 3 is 2.43 bits per heavy atom. The van der Waals surface area contributed by atoms with Gasteiger partial charge in [-0.2, -0.15) is 0 Å². The highest BCUT2D eigenvalue weighted by atomic mass is 16.5. The van der Waals surface area contributed by atoms with Crippen LogP contribution in [0.1, 0.15) is 20.7 Å². The summed E-state index contributed by atoms with van der Waals surface area (Å²) >= 11 is 0. The molecule has 4 rings (SSSR count). The van der Waals surface area contributed by atoms with E-state index >= 15 is 0 Å². The summed E-state index contributed by atoms with van der Waals surface area (Å²) in [5.41, 5.74) is 2.59. The minimum absolute atomic E-state index is 0.310. The molecule has 0 atom stereocenters. The quantitative estimate of drug-likeness (QED) is 0.509. The van der Waals surface area contributed by atoms with Gasteiger partial charge in [-0.15, -0.1) is 0 Å². The fourth-order valence-corrected chi connectivity index (χ4v) is 3.18. The lowest BCUT2D eigenvalue weighted by molar-refractivity contribution is 0.102. The number of hydrogen-bond acceptors (Lipinski definition) is 4. The van der Waals surface area contributed by atoms with E-state index in [0.29, 0.717) is 28.3 Å². The van der Waals surface area contributed by atoms with Crippen LogP contribution in [-0.2, 0) is 0 Å². The molecule has 4 aromatic rings. The number of nitrogens with zero attached hydrogens (tertiary/aromatic N) is 1. The number of anilines is 2. The average Bonchev–Trinajstić information content (AvgIpc) is 2.79. The maximum Gasteiger partial charge on any atom is 0.257 e. The van der Waals surface area contributed by atoms with E-state index in [0.717, 1.165) is 10.9 Å². The van der Waals surface area contributed by atoms with Crippen LogP contribution in [0.3, 0.4) is 0 Å². The molecule has 0 fully saturated rings. The number of benzene rings is 3. The van der Waals surface area contributed by atoms with Gasteiger partial charge in [0.1, 0.15) is 5.75 Å². The second-order valence-corrected chi connectivity index (χ2v) is 6.56. The fraction of sp³-hybridized carbons (Fsp3) is 0.0417. The highest BCUT2D eigenvalue weighted by Gasteiger charge is 2.16. The lowest BCUT2D eigenvalue weighted by atomic mass is 10.1. The van der Waals surface area contributed by atoms with Gasteiger partial charge in [0.2, 0.25) is 0 Å². The van der Waals surface area contributed by atoms with Crippen molar-refractivity contribution in [1.82, 2.24) is 4.98 Å². The zero-order valence-electron chi connectivity index (χ0n) is 16.3. The Labute approximate surface area is 173 Å². The summed E-state index contributed by atoms with van der Waals surface area (Å²) in [7, 11) is 1.56. The molecule has 0 aliphatic rings. The number of carbonyl (C=O) groups excluding carboxylic acids is 2. The summed E-state index contributed by atoms with van der Waals surface area (Å²) in [5, 5.41) is 6.44. The SMILES string of the molecule is COc1cccc(NC(=O)c2ccccc2NC(=O)c2cccc3ncccc23)c1. The molecule has 30 heavy (non-hydrogen) atoms. The second-order valence-electron chi connectivity index (χ2n) is 6.56. The van der Waals surface area contributed by atoms with Gasteiger partial charge in [0.05, 0.1) is 23.9 Å². The minimum atomic E-state index is -0.335. The van der Waals surface area contributed by atoms with Gasteiger partial charge in [0.25, 0.3) is 11.8 Å². The maximum absolute atomic E-state index is 13.0. The molecule has 148 valence electrons. The molecule has 0 bridgehead atoms. The number of fused-ring (bicyclic) bond motifs is 1. The third-order valence-corrected chi connectivity index (χ3v) is 4.64. The van der Waals surface area contributed by atoms with Crippen LogP contribution in [0.4, 0.5) is 11.4 Å². The zero-order valence-corrected chi connectivity index (χ0v) is 16.3. The Morgan fingerprint density at radius 1 is 0.800 bits per heavy atom. The molecule has 0 aliphatic heterocycles. The lowest BCUT2D eigenvalue weighted by Crippen LogP contribution is -2.18. The van der Waals surface area contributed by atoms with Crippen LogP contribution in [-0.4, -0.2) is 23.9 Å². The number of para-hydroxylation sites is 1. The van der Waals surface area contributed by atoms with Gasteiger partial charge in [-0.05, 0) is 42.5 Å². The van der Waals surface area contributed by atoms with Gasteiger partial charge < -0.3 is 15.4 Å². The normalized spacial score (nSPS) is 10.4. The zero-order chi connectivity index (χ0) is 20.9. The van der Waals surface area contributed by atoms with Crippen LogP contribution < -0.4 is 15.4 Å². The molecule has 1 aromatic heterocycles. The average molecular weight is 397 g/mol. The van der Waals surface area contributed by atoms with Crippen molar-refractivity contribution in [3.63, 3.8) is 0 Å². The second kappa shape index (κ2) is 8.45. The summed E-state index contributed by atoms with van der Waals surface area (Å²) in [6.07, 6.45) is 1.68. The molecule has 0 saturated carbocycles. The first-order valence-corrected chi connectivity index (χ1v) is 9.35. The Bertz CT molecular complexity index is 1230. The minimum Gasteiger partial charge on any atom is -0.497 e. The number of carbonyl (C=O) groups is 2. The van der Waals surface area contributed by atoms with E-state index in [9.17, 15) is 9.59 Å². The summed E-state index contributed by atoms with van der Waals surface area (Å²) < 4.78 is 5.19. The number of aromatic nitrogens is 1. The third kappa shape index (κ3) is 3.98. The van der Waals surface area contributed by atoms with E-state index < -0.39 is 0 Å². The number of rotatable bonds is 5.